The maximum atomic E-state index is 12.7. The Labute approximate surface area is 155 Å². The van der Waals surface area contributed by atoms with Crippen molar-refractivity contribution in [2.45, 2.75) is 33.1 Å². The summed E-state index contributed by atoms with van der Waals surface area (Å²) >= 11 is 0. The number of alkyl halides is 3. The quantitative estimate of drug-likeness (QED) is 0.774. The van der Waals surface area contributed by atoms with Gasteiger partial charge in [-0.1, -0.05) is 26.0 Å². The highest BCUT2D eigenvalue weighted by atomic mass is 19.4. The van der Waals surface area contributed by atoms with E-state index >= 15 is 0 Å². The highest BCUT2D eigenvalue weighted by Crippen LogP contribution is 2.29. The lowest BCUT2D eigenvalue weighted by atomic mass is 10.1. The lowest BCUT2D eigenvalue weighted by Crippen LogP contribution is -2.30. The fraction of sp³-hybridized carbons (Fsp3) is 0.368. The van der Waals surface area contributed by atoms with Crippen molar-refractivity contribution in [1.29, 1.82) is 0 Å². The van der Waals surface area contributed by atoms with E-state index in [1.165, 1.54) is 18.2 Å². The van der Waals surface area contributed by atoms with Crippen molar-refractivity contribution in [2.75, 3.05) is 13.1 Å². The van der Waals surface area contributed by atoms with Crippen LogP contribution in [0.5, 0.6) is 0 Å². The number of nitrogens with zero attached hydrogens (tertiary/aromatic N) is 1. The van der Waals surface area contributed by atoms with E-state index < -0.39 is 23.2 Å². The van der Waals surface area contributed by atoms with Gasteiger partial charge < -0.3 is 10.3 Å². The van der Waals surface area contributed by atoms with Gasteiger partial charge in [0, 0.05) is 18.8 Å². The molecular weight excluding hydrogens is 359 g/mol. The average Bonchev–Trinajstić information content (AvgIpc) is 2.63. The average molecular weight is 381 g/mol. The molecule has 8 heteroatoms. The van der Waals surface area contributed by atoms with E-state index in [0.717, 1.165) is 25.2 Å². The number of amides is 1. The van der Waals surface area contributed by atoms with Crippen LogP contribution in [-0.4, -0.2) is 28.9 Å². The number of nitrogens with one attached hydrogen (secondary N) is 2. The van der Waals surface area contributed by atoms with Gasteiger partial charge in [-0.05, 0) is 42.9 Å². The summed E-state index contributed by atoms with van der Waals surface area (Å²) < 4.78 is 38.2. The molecule has 2 N–H and O–H groups in total. The number of benzene rings is 1. The topological polar surface area (TPSA) is 65.2 Å². The first kappa shape index (κ1) is 20.7. The van der Waals surface area contributed by atoms with E-state index in [0.29, 0.717) is 17.8 Å². The monoisotopic (exact) mass is 381 g/mol. The molecule has 0 bridgehead atoms. The third-order valence-electron chi connectivity index (χ3n) is 4.21. The van der Waals surface area contributed by atoms with Crippen molar-refractivity contribution in [1.82, 2.24) is 15.2 Å². The van der Waals surface area contributed by atoms with Gasteiger partial charge in [0.25, 0.3) is 11.5 Å². The summed E-state index contributed by atoms with van der Waals surface area (Å²) in [7, 11) is 0. The second-order valence-electron chi connectivity index (χ2n) is 6.07. The number of carbonyl (C=O) groups is 1. The van der Waals surface area contributed by atoms with Crippen LogP contribution in [0.2, 0.25) is 0 Å². The number of aromatic amines is 1. The predicted octanol–water partition coefficient (Wildman–Crippen LogP) is 3.17. The molecule has 2 rings (SSSR count). The largest absolute Gasteiger partial charge is 0.416 e. The van der Waals surface area contributed by atoms with E-state index in [4.69, 9.17) is 0 Å². The van der Waals surface area contributed by atoms with Gasteiger partial charge in [-0.2, -0.15) is 13.2 Å². The Hall–Kier alpha value is -2.61. The van der Waals surface area contributed by atoms with Crippen molar-refractivity contribution < 1.29 is 18.0 Å². The minimum atomic E-state index is -4.45. The van der Waals surface area contributed by atoms with E-state index in [2.05, 4.69) is 15.2 Å². The standard InChI is InChI=1S/C19H22F3N3O2/c1-3-25(4-2)12-15-8-9-16(18(27)24-15)17(26)23-11-13-6-5-7-14(10-13)19(20,21)22/h5-10H,3-4,11-12H2,1-2H3,(H,23,26)(H,24,27). The Balaban J connectivity index is 2.05. The Kier molecular flexibility index (Phi) is 6.79. The van der Waals surface area contributed by atoms with Crippen molar-refractivity contribution in [3.8, 4) is 0 Å². The number of carbonyl (C=O) groups excluding carboxylic acids is 1. The van der Waals surface area contributed by atoms with Crippen LogP contribution in [0, 0.1) is 0 Å². The van der Waals surface area contributed by atoms with Gasteiger partial charge in [-0.3, -0.25) is 14.5 Å². The summed E-state index contributed by atoms with van der Waals surface area (Å²) in [5.41, 5.74) is -0.398. The van der Waals surface area contributed by atoms with E-state index in [1.807, 2.05) is 13.8 Å². The van der Waals surface area contributed by atoms with Gasteiger partial charge in [-0.25, -0.2) is 0 Å². The number of pyridine rings is 1. The van der Waals surface area contributed by atoms with Gasteiger partial charge in [0.2, 0.25) is 0 Å². The van der Waals surface area contributed by atoms with E-state index in [1.54, 1.807) is 6.07 Å². The molecule has 0 radical (unpaired) electrons. The summed E-state index contributed by atoms with van der Waals surface area (Å²) in [6.45, 7) is 6.14. The summed E-state index contributed by atoms with van der Waals surface area (Å²) in [6.07, 6.45) is -4.45. The first-order valence-electron chi connectivity index (χ1n) is 8.63. The predicted molar refractivity (Wildman–Crippen MR) is 96.3 cm³/mol. The maximum absolute atomic E-state index is 12.7. The first-order valence-corrected chi connectivity index (χ1v) is 8.63. The highest BCUT2D eigenvalue weighted by Gasteiger charge is 2.30. The number of rotatable bonds is 7. The van der Waals surface area contributed by atoms with Crippen molar-refractivity contribution in [3.05, 3.63) is 69.1 Å². The molecule has 1 aromatic heterocycles. The van der Waals surface area contributed by atoms with Crippen LogP contribution in [0.1, 0.15) is 41.0 Å². The van der Waals surface area contributed by atoms with E-state index in [-0.39, 0.29) is 12.1 Å². The zero-order chi connectivity index (χ0) is 20.0. The summed E-state index contributed by atoms with van der Waals surface area (Å²) in [5, 5.41) is 2.48. The van der Waals surface area contributed by atoms with Crippen LogP contribution in [-0.2, 0) is 19.3 Å². The minimum absolute atomic E-state index is 0.0785. The Bertz CT molecular complexity index is 843. The molecule has 1 aromatic carbocycles. The molecule has 5 nitrogen and oxygen atoms in total. The molecule has 0 atom stereocenters. The smallest absolute Gasteiger partial charge is 0.348 e. The second-order valence-corrected chi connectivity index (χ2v) is 6.07. The van der Waals surface area contributed by atoms with Crippen molar-refractivity contribution >= 4 is 5.91 Å². The molecule has 0 unspecified atom stereocenters. The van der Waals surface area contributed by atoms with Crippen LogP contribution in [0.3, 0.4) is 0 Å². The second kappa shape index (κ2) is 8.85. The van der Waals surface area contributed by atoms with Crippen LogP contribution in [0.25, 0.3) is 0 Å². The summed E-state index contributed by atoms with van der Waals surface area (Å²) in [6, 6.07) is 7.78. The molecule has 0 aliphatic rings. The molecule has 0 spiro atoms. The lowest BCUT2D eigenvalue weighted by Gasteiger charge is -2.17. The number of hydrogen-bond donors (Lipinski definition) is 2. The lowest BCUT2D eigenvalue weighted by molar-refractivity contribution is -0.137. The molecule has 0 aliphatic carbocycles. The van der Waals surface area contributed by atoms with Crippen molar-refractivity contribution in [2.24, 2.45) is 0 Å². The van der Waals surface area contributed by atoms with Crippen molar-refractivity contribution in [3.63, 3.8) is 0 Å². The number of aromatic nitrogens is 1. The summed E-state index contributed by atoms with van der Waals surface area (Å²) in [4.78, 5) is 29.1. The number of hydrogen-bond acceptors (Lipinski definition) is 3. The molecule has 0 saturated carbocycles. The van der Waals surface area contributed by atoms with Crippen LogP contribution in [0.4, 0.5) is 13.2 Å². The third kappa shape index (κ3) is 5.68. The highest BCUT2D eigenvalue weighted by molar-refractivity contribution is 5.93. The van der Waals surface area contributed by atoms with Gasteiger partial charge in [0.05, 0.1) is 5.56 Å². The normalized spacial score (nSPS) is 11.6. The SMILES string of the molecule is CCN(CC)Cc1ccc(C(=O)NCc2cccc(C(F)(F)F)c2)c(=O)[nH]1. The zero-order valence-corrected chi connectivity index (χ0v) is 15.2. The maximum Gasteiger partial charge on any atom is 0.416 e. The fourth-order valence-corrected chi connectivity index (χ4v) is 2.61. The molecule has 0 fully saturated rings. The van der Waals surface area contributed by atoms with Gasteiger partial charge in [0.1, 0.15) is 5.56 Å². The molecule has 0 saturated heterocycles. The van der Waals surface area contributed by atoms with E-state index in [9.17, 15) is 22.8 Å². The molecule has 146 valence electrons. The first-order chi connectivity index (χ1) is 12.7. The number of H-pyrrole nitrogens is 1. The third-order valence-corrected chi connectivity index (χ3v) is 4.21. The Morgan fingerprint density at radius 3 is 2.44 bits per heavy atom. The molecule has 27 heavy (non-hydrogen) atoms. The molecule has 1 heterocycles. The molecule has 1 amide bonds. The van der Waals surface area contributed by atoms with Gasteiger partial charge in [-0.15, -0.1) is 0 Å². The molecule has 0 aliphatic heterocycles. The molecular formula is C19H22F3N3O2. The zero-order valence-electron chi connectivity index (χ0n) is 15.2. The Morgan fingerprint density at radius 1 is 1.15 bits per heavy atom. The van der Waals surface area contributed by atoms with Crippen LogP contribution in [0.15, 0.2) is 41.2 Å². The van der Waals surface area contributed by atoms with Gasteiger partial charge >= 0.3 is 6.18 Å². The Morgan fingerprint density at radius 2 is 1.85 bits per heavy atom. The fourth-order valence-electron chi connectivity index (χ4n) is 2.61. The van der Waals surface area contributed by atoms with Crippen LogP contribution < -0.4 is 10.9 Å². The number of halogens is 3. The van der Waals surface area contributed by atoms with Gasteiger partial charge in [0.15, 0.2) is 0 Å². The minimum Gasteiger partial charge on any atom is -0.348 e. The molecule has 2 aromatic rings. The summed E-state index contributed by atoms with van der Waals surface area (Å²) in [5.74, 6) is -0.636. The van der Waals surface area contributed by atoms with Crippen LogP contribution >= 0.6 is 0 Å².